The first-order valence-electron chi connectivity index (χ1n) is 7.12. The highest BCUT2D eigenvalue weighted by molar-refractivity contribution is 7.98. The minimum Gasteiger partial charge on any atom is -0.237 e. The molecule has 3 rings (SSSR count). The molecule has 5 heteroatoms. The Bertz CT molecular complexity index is 629. The first-order valence-corrected chi connectivity index (χ1v) is 8.49. The molecule has 0 saturated heterocycles. The summed E-state index contributed by atoms with van der Waals surface area (Å²) in [7, 11) is 0. The molecule has 2 aromatic rings. The van der Waals surface area contributed by atoms with E-state index in [4.69, 9.17) is 11.6 Å². The molecule has 1 aromatic carbocycles. The topological polar surface area (TPSA) is 25.8 Å². The Morgan fingerprint density at radius 3 is 2.76 bits per heavy atom. The highest BCUT2D eigenvalue weighted by atomic mass is 35.5. The second kappa shape index (κ2) is 6.75. The molecule has 0 N–H and O–H groups in total. The van der Waals surface area contributed by atoms with E-state index in [0.717, 1.165) is 16.4 Å². The van der Waals surface area contributed by atoms with Crippen LogP contribution in [-0.4, -0.2) is 9.97 Å². The van der Waals surface area contributed by atoms with Gasteiger partial charge in [-0.15, -0.1) is 11.8 Å². The Balaban J connectivity index is 1.72. The lowest BCUT2D eigenvalue weighted by Crippen LogP contribution is -2.02. The number of hydrogen-bond donors (Lipinski definition) is 0. The van der Waals surface area contributed by atoms with Gasteiger partial charge in [-0.05, 0) is 37.1 Å². The van der Waals surface area contributed by atoms with Gasteiger partial charge in [0.05, 0.1) is 5.75 Å². The number of thioether (sulfide) groups is 1. The minimum atomic E-state index is -0.223. The van der Waals surface area contributed by atoms with Crippen molar-refractivity contribution in [2.45, 2.75) is 42.2 Å². The van der Waals surface area contributed by atoms with Crippen molar-refractivity contribution >= 4 is 23.4 Å². The van der Waals surface area contributed by atoms with Crippen LogP contribution in [-0.2, 0) is 5.75 Å². The van der Waals surface area contributed by atoms with Crippen LogP contribution in [0.4, 0.5) is 4.39 Å². The van der Waals surface area contributed by atoms with Gasteiger partial charge >= 0.3 is 0 Å². The second-order valence-electron chi connectivity index (χ2n) is 5.26. The molecule has 0 spiro atoms. The van der Waals surface area contributed by atoms with Gasteiger partial charge in [0.1, 0.15) is 16.8 Å². The monoisotopic (exact) mass is 322 g/mol. The smallest absolute Gasteiger partial charge is 0.140 e. The third kappa shape index (κ3) is 3.95. The average Bonchev–Trinajstić information content (AvgIpc) is 2.99. The molecule has 0 amide bonds. The Morgan fingerprint density at radius 2 is 2.00 bits per heavy atom. The van der Waals surface area contributed by atoms with Crippen LogP contribution in [0.2, 0.25) is 5.15 Å². The lowest BCUT2D eigenvalue weighted by Gasteiger charge is -2.10. The first kappa shape index (κ1) is 14.8. The molecular weight excluding hydrogens is 307 g/mol. The molecule has 2 nitrogen and oxygen atoms in total. The van der Waals surface area contributed by atoms with Crippen LogP contribution in [0.3, 0.4) is 0 Å². The van der Waals surface area contributed by atoms with Crippen molar-refractivity contribution in [3.63, 3.8) is 0 Å². The summed E-state index contributed by atoms with van der Waals surface area (Å²) in [5.41, 5.74) is 1.06. The van der Waals surface area contributed by atoms with Gasteiger partial charge < -0.3 is 0 Å². The van der Waals surface area contributed by atoms with E-state index in [1.807, 2.05) is 12.1 Å². The van der Waals surface area contributed by atoms with Crippen molar-refractivity contribution < 1.29 is 4.39 Å². The van der Waals surface area contributed by atoms with Gasteiger partial charge in [0, 0.05) is 16.5 Å². The molecule has 21 heavy (non-hydrogen) atoms. The number of hydrogen-bond acceptors (Lipinski definition) is 3. The van der Waals surface area contributed by atoms with Crippen LogP contribution in [0, 0.1) is 5.82 Å². The van der Waals surface area contributed by atoms with Gasteiger partial charge in [-0.1, -0.05) is 30.5 Å². The molecule has 110 valence electrons. The molecule has 1 saturated carbocycles. The van der Waals surface area contributed by atoms with E-state index >= 15 is 0 Å². The third-order valence-electron chi connectivity index (χ3n) is 3.70. The molecule has 0 aliphatic heterocycles. The van der Waals surface area contributed by atoms with Crippen molar-refractivity contribution in [3.8, 4) is 0 Å². The zero-order chi connectivity index (χ0) is 14.7. The van der Waals surface area contributed by atoms with Crippen LogP contribution in [0.1, 0.15) is 43.1 Å². The van der Waals surface area contributed by atoms with E-state index in [1.165, 1.54) is 49.6 Å². The van der Waals surface area contributed by atoms with Gasteiger partial charge in [0.15, 0.2) is 0 Å². The third-order valence-corrected chi connectivity index (χ3v) is 4.88. The van der Waals surface area contributed by atoms with Crippen LogP contribution in [0.5, 0.6) is 0 Å². The van der Waals surface area contributed by atoms with Crippen molar-refractivity contribution in [2.24, 2.45) is 0 Å². The van der Waals surface area contributed by atoms with Gasteiger partial charge in [0.2, 0.25) is 0 Å². The molecular formula is C16H16ClFN2S. The highest BCUT2D eigenvalue weighted by Crippen LogP contribution is 2.34. The van der Waals surface area contributed by atoms with Gasteiger partial charge in [-0.2, -0.15) is 0 Å². The van der Waals surface area contributed by atoms with Crippen molar-refractivity contribution in [2.75, 3.05) is 0 Å². The number of rotatable bonds is 4. The van der Waals surface area contributed by atoms with Gasteiger partial charge in [-0.25, -0.2) is 14.4 Å². The number of nitrogens with zero attached hydrogens (tertiary/aromatic N) is 2. The van der Waals surface area contributed by atoms with Crippen LogP contribution in [0.25, 0.3) is 0 Å². The fourth-order valence-corrected chi connectivity index (χ4v) is 3.69. The van der Waals surface area contributed by atoms with Gasteiger partial charge in [0.25, 0.3) is 0 Å². The molecule has 0 atom stereocenters. The second-order valence-corrected chi connectivity index (χ2v) is 6.70. The largest absolute Gasteiger partial charge is 0.237 e. The van der Waals surface area contributed by atoms with Crippen LogP contribution < -0.4 is 0 Å². The average molecular weight is 323 g/mol. The summed E-state index contributed by atoms with van der Waals surface area (Å²) in [5, 5.41) is 0.502. The predicted octanol–water partition coefficient (Wildman–Crippen LogP) is 5.22. The standard InChI is InChI=1S/C16H16ClFN2S/c17-15-9-14(11-4-1-2-5-11)19-16(20-15)10-21-13-7-3-6-12(18)8-13/h3,6-9,11H,1-2,4-5,10H2. The first-order chi connectivity index (χ1) is 10.2. The molecule has 1 aliphatic rings. The summed E-state index contributed by atoms with van der Waals surface area (Å²) in [5.74, 6) is 1.62. The zero-order valence-electron chi connectivity index (χ0n) is 11.6. The normalized spacial score (nSPS) is 15.5. The zero-order valence-corrected chi connectivity index (χ0v) is 13.1. The fraction of sp³-hybridized carbons (Fsp3) is 0.375. The molecule has 0 unspecified atom stereocenters. The number of benzene rings is 1. The lowest BCUT2D eigenvalue weighted by molar-refractivity contribution is 0.624. The van der Waals surface area contributed by atoms with Crippen molar-refractivity contribution in [1.82, 2.24) is 9.97 Å². The summed E-state index contributed by atoms with van der Waals surface area (Å²) in [6.45, 7) is 0. The highest BCUT2D eigenvalue weighted by Gasteiger charge is 2.19. The fourth-order valence-electron chi connectivity index (χ4n) is 2.68. The summed E-state index contributed by atoms with van der Waals surface area (Å²) < 4.78 is 13.2. The Hall–Kier alpha value is -1.13. The minimum absolute atomic E-state index is 0.223. The van der Waals surface area contributed by atoms with E-state index in [-0.39, 0.29) is 5.82 Å². The van der Waals surface area contributed by atoms with E-state index in [1.54, 1.807) is 6.07 Å². The quantitative estimate of drug-likeness (QED) is 0.570. The summed E-state index contributed by atoms with van der Waals surface area (Å²) in [6, 6.07) is 8.44. The number of halogens is 2. The van der Waals surface area contributed by atoms with Crippen molar-refractivity contribution in [1.29, 1.82) is 0 Å². The predicted molar refractivity (Wildman–Crippen MR) is 84.2 cm³/mol. The lowest BCUT2D eigenvalue weighted by atomic mass is 10.0. The Morgan fingerprint density at radius 1 is 1.19 bits per heavy atom. The van der Waals surface area contributed by atoms with Crippen LogP contribution >= 0.6 is 23.4 Å². The summed E-state index contributed by atoms with van der Waals surface area (Å²) >= 11 is 7.64. The summed E-state index contributed by atoms with van der Waals surface area (Å²) in [4.78, 5) is 9.80. The SMILES string of the molecule is Fc1cccc(SCc2nc(Cl)cc(C3CCCC3)n2)c1. The molecule has 1 aromatic heterocycles. The maximum absolute atomic E-state index is 13.2. The molecule has 0 bridgehead atoms. The molecule has 1 aliphatic carbocycles. The van der Waals surface area contributed by atoms with Gasteiger partial charge in [-0.3, -0.25) is 0 Å². The maximum Gasteiger partial charge on any atom is 0.140 e. The van der Waals surface area contributed by atoms with E-state index < -0.39 is 0 Å². The number of aromatic nitrogens is 2. The van der Waals surface area contributed by atoms with Crippen LogP contribution in [0.15, 0.2) is 35.2 Å². The van der Waals surface area contributed by atoms with E-state index in [0.29, 0.717) is 16.8 Å². The Kier molecular flexibility index (Phi) is 4.76. The van der Waals surface area contributed by atoms with E-state index in [9.17, 15) is 4.39 Å². The molecule has 1 heterocycles. The molecule has 1 fully saturated rings. The maximum atomic E-state index is 13.2. The summed E-state index contributed by atoms with van der Waals surface area (Å²) in [6.07, 6.45) is 4.90. The molecule has 0 radical (unpaired) electrons. The van der Waals surface area contributed by atoms with Crippen molar-refractivity contribution in [3.05, 3.63) is 52.8 Å². The van der Waals surface area contributed by atoms with E-state index in [2.05, 4.69) is 9.97 Å². The Labute approximate surface area is 133 Å².